The third-order valence-corrected chi connectivity index (χ3v) is 10.7. The maximum Gasteiger partial charge on any atom is 0.307 e. The number of hydrogen-bond acceptors (Lipinski definition) is 5. The van der Waals surface area contributed by atoms with Crippen molar-refractivity contribution in [2.24, 2.45) is 16.8 Å². The number of oxime groups is 1. The smallest absolute Gasteiger partial charge is 0.307 e. The maximum absolute atomic E-state index is 11.5. The average molecular weight is 422 g/mol. The number of carboxylic acid groups (broad SMARTS) is 1. The van der Waals surface area contributed by atoms with Gasteiger partial charge in [-0.1, -0.05) is 50.2 Å². The minimum atomic E-state index is -2.05. The number of aliphatic carboxylic acids is 1. The van der Waals surface area contributed by atoms with E-state index >= 15 is 0 Å². The van der Waals surface area contributed by atoms with Gasteiger partial charge in [-0.2, -0.15) is 0 Å². The minimum absolute atomic E-state index is 0.0602. The molecule has 0 saturated carbocycles. The zero-order chi connectivity index (χ0) is 21.8. The van der Waals surface area contributed by atoms with E-state index < -0.39 is 14.3 Å². The van der Waals surface area contributed by atoms with Crippen LogP contribution in [0.3, 0.4) is 0 Å². The number of benzene rings is 1. The van der Waals surface area contributed by atoms with Crippen molar-refractivity contribution >= 4 is 20.1 Å². The highest BCUT2D eigenvalue weighted by atomic mass is 28.4. The topological polar surface area (TPSA) is 108 Å². The fraction of sp³-hybridized carbons (Fsp3) is 0.619. The molecule has 1 aliphatic rings. The summed E-state index contributed by atoms with van der Waals surface area (Å²) in [6, 6.07) is 7.54. The number of carboxylic acids is 1. The quantitative estimate of drug-likeness (QED) is 0.204. The fourth-order valence-electron chi connectivity index (χ4n) is 3.33. The highest BCUT2D eigenvalue weighted by Crippen LogP contribution is 2.40. The summed E-state index contributed by atoms with van der Waals surface area (Å²) in [5.74, 6) is -0.973. The van der Waals surface area contributed by atoms with Crippen LogP contribution in [-0.2, 0) is 9.22 Å². The van der Waals surface area contributed by atoms with Crippen molar-refractivity contribution in [3.05, 3.63) is 35.4 Å². The lowest BCUT2D eigenvalue weighted by Crippen LogP contribution is -2.46. The lowest BCUT2D eigenvalue weighted by Gasteiger charge is -2.41. The number of carbonyl (C=O) groups is 1. The third kappa shape index (κ3) is 6.04. The lowest BCUT2D eigenvalue weighted by molar-refractivity contribution is -0.143. The Balaban J connectivity index is 2.27. The van der Waals surface area contributed by atoms with Crippen molar-refractivity contribution in [1.82, 2.24) is 4.90 Å². The molecule has 0 spiro atoms. The Bertz CT molecular complexity index is 728. The van der Waals surface area contributed by atoms with Crippen LogP contribution in [0.15, 0.2) is 29.4 Å². The molecule has 4 N–H and O–H groups in total. The Hall–Kier alpha value is -1.90. The van der Waals surface area contributed by atoms with E-state index in [-0.39, 0.29) is 22.9 Å². The number of rotatable bonds is 7. The van der Waals surface area contributed by atoms with Crippen molar-refractivity contribution in [1.29, 1.82) is 0 Å². The Morgan fingerprint density at radius 1 is 1.34 bits per heavy atom. The molecule has 7 nitrogen and oxygen atoms in total. The largest absolute Gasteiger partial charge is 0.481 e. The highest BCUT2D eigenvalue weighted by Gasteiger charge is 2.40. The molecule has 2 rings (SSSR count). The molecule has 0 aromatic heterocycles. The van der Waals surface area contributed by atoms with Gasteiger partial charge >= 0.3 is 5.97 Å². The summed E-state index contributed by atoms with van der Waals surface area (Å²) in [5.41, 5.74) is 7.34. The van der Waals surface area contributed by atoms with Crippen LogP contribution in [0.25, 0.3) is 0 Å². The Kier molecular flexibility index (Phi) is 7.48. The van der Waals surface area contributed by atoms with Crippen LogP contribution >= 0.6 is 0 Å². The first kappa shape index (κ1) is 23.4. The summed E-state index contributed by atoms with van der Waals surface area (Å²) in [5, 5.41) is 21.4. The van der Waals surface area contributed by atoms with Crippen LogP contribution in [0.2, 0.25) is 18.1 Å². The first-order valence-corrected chi connectivity index (χ1v) is 13.1. The maximum atomic E-state index is 11.5. The van der Waals surface area contributed by atoms with Gasteiger partial charge in [-0.15, -0.1) is 0 Å². The molecule has 0 aliphatic carbocycles. The van der Waals surface area contributed by atoms with Gasteiger partial charge in [0.2, 0.25) is 0 Å². The van der Waals surface area contributed by atoms with Gasteiger partial charge in [-0.3, -0.25) is 9.69 Å². The monoisotopic (exact) mass is 421 g/mol. The molecule has 162 valence electrons. The average Bonchev–Trinajstić information content (AvgIpc) is 2.66. The molecule has 1 unspecified atom stereocenters. The second-order valence-electron chi connectivity index (χ2n) is 9.41. The molecule has 1 fully saturated rings. The van der Waals surface area contributed by atoms with Gasteiger partial charge in [0.25, 0.3) is 0 Å². The van der Waals surface area contributed by atoms with Crippen molar-refractivity contribution in [2.45, 2.75) is 57.8 Å². The highest BCUT2D eigenvalue weighted by molar-refractivity contribution is 6.74. The van der Waals surface area contributed by atoms with E-state index in [9.17, 15) is 9.90 Å². The van der Waals surface area contributed by atoms with Crippen molar-refractivity contribution in [3.63, 3.8) is 0 Å². The summed E-state index contributed by atoms with van der Waals surface area (Å²) < 4.78 is 6.75. The van der Waals surface area contributed by atoms with E-state index in [4.69, 9.17) is 15.4 Å². The molecule has 1 aromatic carbocycles. The predicted octanol–water partition coefficient (Wildman–Crippen LogP) is 3.64. The van der Waals surface area contributed by atoms with Crippen LogP contribution in [0.1, 0.15) is 50.8 Å². The molecule has 1 aromatic rings. The van der Waals surface area contributed by atoms with Crippen LogP contribution in [0.5, 0.6) is 0 Å². The number of amidine groups is 1. The van der Waals surface area contributed by atoms with E-state index in [0.717, 1.165) is 24.9 Å². The molecule has 1 heterocycles. The molecule has 29 heavy (non-hydrogen) atoms. The Morgan fingerprint density at radius 3 is 2.48 bits per heavy atom. The van der Waals surface area contributed by atoms with Gasteiger partial charge in [0.15, 0.2) is 14.2 Å². The number of nitrogens with zero attached hydrogens (tertiary/aromatic N) is 2. The normalized spacial score (nSPS) is 20.4. The second-order valence-corrected chi connectivity index (χ2v) is 14.2. The molecular formula is C21H35N3O4Si. The molecule has 2 atom stereocenters. The van der Waals surface area contributed by atoms with Gasteiger partial charge in [-0.25, -0.2) is 0 Å². The SMILES string of the molecule is CC(C)(C)[Si](C)(C)O[C@@H](CN1CCCC(C(=O)O)C1)c1ccc(/C(N)=N/O)cc1. The van der Waals surface area contributed by atoms with E-state index in [1.807, 2.05) is 24.3 Å². The molecule has 1 saturated heterocycles. The first-order valence-electron chi connectivity index (χ1n) is 10.2. The van der Waals surface area contributed by atoms with Crippen LogP contribution < -0.4 is 5.73 Å². The number of hydrogen-bond donors (Lipinski definition) is 3. The number of piperidine rings is 1. The van der Waals surface area contributed by atoms with Crippen LogP contribution in [-0.4, -0.2) is 55.0 Å². The molecule has 0 radical (unpaired) electrons. The standard InChI is InChI=1S/C21H35N3O4Si/c1-21(2,3)29(4,5)28-18(14-24-12-6-7-17(13-24)20(25)26)15-8-10-16(11-9-15)19(22)23-27/h8-11,17-18,27H,6-7,12-14H2,1-5H3,(H2,22,23)(H,25,26)/t17?,18-/m0/s1. The molecule has 1 aliphatic heterocycles. The summed E-state index contributed by atoms with van der Waals surface area (Å²) >= 11 is 0. The second kappa shape index (κ2) is 9.28. The zero-order valence-corrected chi connectivity index (χ0v) is 19.2. The van der Waals surface area contributed by atoms with E-state index in [2.05, 4.69) is 43.9 Å². The van der Waals surface area contributed by atoms with E-state index in [0.29, 0.717) is 18.7 Å². The van der Waals surface area contributed by atoms with Gasteiger partial charge in [0.1, 0.15) is 0 Å². The summed E-state index contributed by atoms with van der Waals surface area (Å²) in [6.45, 7) is 13.1. The number of likely N-dealkylation sites (tertiary alicyclic amines) is 1. The molecule has 8 heteroatoms. The van der Waals surface area contributed by atoms with E-state index in [1.54, 1.807) is 0 Å². The van der Waals surface area contributed by atoms with E-state index in [1.165, 1.54) is 0 Å². The fourth-order valence-corrected chi connectivity index (χ4v) is 4.60. The minimum Gasteiger partial charge on any atom is -0.481 e. The third-order valence-electron chi connectivity index (χ3n) is 6.21. The predicted molar refractivity (Wildman–Crippen MR) is 117 cm³/mol. The van der Waals surface area contributed by atoms with Crippen molar-refractivity contribution in [3.8, 4) is 0 Å². The van der Waals surface area contributed by atoms with Gasteiger partial charge in [-0.05, 0) is 43.1 Å². The zero-order valence-electron chi connectivity index (χ0n) is 18.2. The van der Waals surface area contributed by atoms with Crippen molar-refractivity contribution in [2.75, 3.05) is 19.6 Å². The van der Waals surface area contributed by atoms with Crippen molar-refractivity contribution < 1.29 is 19.5 Å². The molecular weight excluding hydrogens is 386 g/mol. The summed E-state index contributed by atoms with van der Waals surface area (Å²) in [4.78, 5) is 13.7. The molecule has 0 bridgehead atoms. The first-order chi connectivity index (χ1) is 13.4. The molecule has 0 amide bonds. The van der Waals surface area contributed by atoms with Gasteiger partial charge in [0, 0.05) is 18.7 Å². The van der Waals surface area contributed by atoms with Gasteiger partial charge in [0.05, 0.1) is 12.0 Å². The summed E-state index contributed by atoms with van der Waals surface area (Å²) in [7, 11) is -2.05. The number of nitrogens with two attached hydrogens (primary N) is 1. The lowest BCUT2D eigenvalue weighted by atomic mass is 9.97. The van der Waals surface area contributed by atoms with Crippen LogP contribution in [0.4, 0.5) is 0 Å². The van der Waals surface area contributed by atoms with Gasteiger partial charge < -0.3 is 20.5 Å². The Labute approximate surface area is 174 Å². The summed E-state index contributed by atoms with van der Waals surface area (Å²) in [6.07, 6.45) is 1.45. The van der Waals surface area contributed by atoms with Crippen LogP contribution in [0, 0.1) is 5.92 Å². The Morgan fingerprint density at radius 2 is 1.97 bits per heavy atom.